The first-order valence-corrected chi connectivity index (χ1v) is 16.9. The van der Waals surface area contributed by atoms with E-state index in [2.05, 4.69) is 19.9 Å². The SMILES string of the molecule is COCC1(CN(C)c2cc(-c3cnc(C4CC4)c(C(F)(F)F)c3)nc3nc(-c4cnc(N5CCN(CC(=O)[O-])CC5)c(F)c4)[nH]c23)CCCC1.[Na+]. The van der Waals surface area contributed by atoms with Crippen LogP contribution in [-0.2, 0) is 15.7 Å². The van der Waals surface area contributed by atoms with Gasteiger partial charge in [-0.15, -0.1) is 0 Å². The van der Waals surface area contributed by atoms with Gasteiger partial charge in [0.05, 0.1) is 35.2 Å². The number of anilines is 2. The van der Waals surface area contributed by atoms with E-state index in [4.69, 9.17) is 14.7 Å². The fourth-order valence-electron chi connectivity index (χ4n) is 7.54. The molecule has 1 saturated heterocycles. The first kappa shape index (κ1) is 37.4. The summed E-state index contributed by atoms with van der Waals surface area (Å²) in [6, 6.07) is 4.22. The molecule has 0 atom stereocenters. The molecule has 1 aliphatic heterocycles. The number of hydrogen-bond acceptors (Lipinski definition) is 10. The van der Waals surface area contributed by atoms with Crippen molar-refractivity contribution in [1.82, 2.24) is 29.8 Å². The molecule has 0 spiro atoms. The van der Waals surface area contributed by atoms with E-state index in [9.17, 15) is 23.1 Å². The van der Waals surface area contributed by atoms with Crippen molar-refractivity contribution >= 4 is 28.6 Å². The molecule has 1 N–H and O–H groups in total. The molecule has 11 nitrogen and oxygen atoms in total. The summed E-state index contributed by atoms with van der Waals surface area (Å²) in [7, 11) is 3.63. The van der Waals surface area contributed by atoms with E-state index in [1.54, 1.807) is 23.0 Å². The number of hydrogen-bond donors (Lipinski definition) is 1. The number of pyridine rings is 3. The van der Waals surface area contributed by atoms with Crippen molar-refractivity contribution in [3.63, 3.8) is 0 Å². The number of carboxylic acid groups (broad SMARTS) is 1. The third-order valence-electron chi connectivity index (χ3n) is 10.1. The van der Waals surface area contributed by atoms with Crippen molar-refractivity contribution in [3.8, 4) is 22.6 Å². The Morgan fingerprint density at radius 1 is 1.06 bits per heavy atom. The number of ether oxygens (including phenoxy) is 1. The number of alkyl halides is 3. The predicted octanol–water partition coefficient (Wildman–Crippen LogP) is 1.64. The van der Waals surface area contributed by atoms with Crippen molar-refractivity contribution < 1.29 is 61.8 Å². The number of carboxylic acids is 1. The molecule has 0 unspecified atom stereocenters. The Bertz CT molecular complexity index is 1890. The van der Waals surface area contributed by atoms with Gasteiger partial charge in [0.1, 0.15) is 11.3 Å². The second kappa shape index (κ2) is 14.9. The van der Waals surface area contributed by atoms with Crippen LogP contribution in [0.15, 0.2) is 30.6 Å². The van der Waals surface area contributed by atoms with Crippen LogP contribution in [-0.4, -0.2) is 95.8 Å². The number of H-pyrrole nitrogens is 1. The summed E-state index contributed by atoms with van der Waals surface area (Å²) in [6.45, 7) is 2.71. The number of aromatic nitrogens is 5. The van der Waals surface area contributed by atoms with Crippen molar-refractivity contribution in [1.29, 1.82) is 0 Å². The van der Waals surface area contributed by atoms with Crippen molar-refractivity contribution in [2.24, 2.45) is 5.41 Å². The summed E-state index contributed by atoms with van der Waals surface area (Å²) in [5.74, 6) is -1.44. The second-order valence-electron chi connectivity index (χ2n) is 13.9. The predicted molar refractivity (Wildman–Crippen MR) is 177 cm³/mol. The van der Waals surface area contributed by atoms with Gasteiger partial charge < -0.3 is 29.4 Å². The summed E-state index contributed by atoms with van der Waals surface area (Å²) in [4.78, 5) is 37.9. The molecule has 4 aromatic heterocycles. The number of imidazole rings is 1. The summed E-state index contributed by atoms with van der Waals surface area (Å²) >= 11 is 0. The minimum Gasteiger partial charge on any atom is -0.549 e. The number of nitrogens with one attached hydrogen (secondary N) is 1. The van der Waals surface area contributed by atoms with Crippen molar-refractivity contribution in [3.05, 3.63) is 47.7 Å². The maximum absolute atomic E-state index is 15.5. The molecule has 4 aromatic rings. The Morgan fingerprint density at radius 3 is 2.39 bits per heavy atom. The first-order valence-electron chi connectivity index (χ1n) is 16.9. The maximum atomic E-state index is 15.5. The van der Waals surface area contributed by atoms with Crippen molar-refractivity contribution in [2.75, 3.05) is 69.8 Å². The van der Waals surface area contributed by atoms with Gasteiger partial charge in [-0.25, -0.2) is 19.3 Å². The molecule has 2 aliphatic carbocycles. The summed E-state index contributed by atoms with van der Waals surface area (Å²) in [5.41, 5.74) is 1.64. The quantitative estimate of drug-likeness (QED) is 0.181. The Labute approximate surface area is 315 Å². The monoisotopic (exact) mass is 718 g/mol. The molecule has 51 heavy (non-hydrogen) atoms. The zero-order valence-corrected chi connectivity index (χ0v) is 31.0. The molecule has 3 aliphatic rings. The standard InChI is InChI=1S/C35H40F4N8O3.Na/c1-45(19-34(20-50-2)7-3-4-8-34)27-15-26(22-13-24(35(37,38)39)29(40-16-22)21-5-6-21)42-32-30(27)43-31(44-32)23-14-25(36)33(41-17-23)47-11-9-46(10-12-47)18-28(48)49;/h13-17,21H,3-12,18-20H2,1-2H3,(H,48,49)(H,42,43,44);/q;+1/p-1. The molecule has 0 amide bonds. The fourth-order valence-corrected chi connectivity index (χ4v) is 7.54. The minimum absolute atomic E-state index is 0. The van der Waals surface area contributed by atoms with Crippen LogP contribution in [0.25, 0.3) is 33.8 Å². The number of piperazine rings is 1. The van der Waals surface area contributed by atoms with E-state index in [1.165, 1.54) is 18.5 Å². The normalized spacial score (nSPS) is 17.9. The molecular weight excluding hydrogens is 679 g/mol. The third-order valence-corrected chi connectivity index (χ3v) is 10.1. The molecule has 0 bridgehead atoms. The number of carbonyl (C=O) groups is 1. The summed E-state index contributed by atoms with van der Waals surface area (Å²) < 4.78 is 63.8. The first-order chi connectivity index (χ1) is 23.9. The number of aromatic amines is 1. The Hall–Kier alpha value is -3.37. The number of aliphatic carboxylic acids is 1. The van der Waals surface area contributed by atoms with Crippen LogP contribution < -0.4 is 44.5 Å². The maximum Gasteiger partial charge on any atom is 1.00 e. The Balaban J connectivity index is 0.00000448. The van der Waals surface area contributed by atoms with Gasteiger partial charge in [0, 0.05) is 88.3 Å². The average Bonchev–Trinajstić information content (AvgIpc) is 3.67. The van der Waals surface area contributed by atoms with Crippen LogP contribution in [0.2, 0.25) is 0 Å². The van der Waals surface area contributed by atoms with Gasteiger partial charge in [0.2, 0.25) is 0 Å². The average molecular weight is 719 g/mol. The van der Waals surface area contributed by atoms with Crippen LogP contribution in [0.4, 0.5) is 29.1 Å². The van der Waals surface area contributed by atoms with Gasteiger partial charge in [-0.05, 0) is 43.9 Å². The fraction of sp³-hybridized carbons (Fsp3) is 0.514. The molecule has 0 aromatic carbocycles. The van der Waals surface area contributed by atoms with Gasteiger partial charge in [-0.2, -0.15) is 13.2 Å². The van der Waals surface area contributed by atoms with E-state index in [-0.39, 0.29) is 70.2 Å². The zero-order valence-electron chi connectivity index (χ0n) is 29.0. The molecule has 16 heteroatoms. The van der Waals surface area contributed by atoms with Crippen LogP contribution in [0.5, 0.6) is 0 Å². The van der Waals surface area contributed by atoms with Crippen molar-refractivity contribution in [2.45, 2.75) is 50.6 Å². The van der Waals surface area contributed by atoms with E-state index in [0.717, 1.165) is 31.7 Å². The van der Waals surface area contributed by atoms with E-state index >= 15 is 4.39 Å². The van der Waals surface area contributed by atoms with Gasteiger partial charge in [0.25, 0.3) is 0 Å². The molecule has 3 fully saturated rings. The minimum atomic E-state index is -4.56. The zero-order chi connectivity index (χ0) is 35.2. The molecule has 7 rings (SSSR count). The molecule has 0 radical (unpaired) electrons. The van der Waals surface area contributed by atoms with Gasteiger partial charge in [0.15, 0.2) is 17.3 Å². The topological polar surface area (TPSA) is 126 Å². The largest absolute Gasteiger partial charge is 1.00 e. The van der Waals surface area contributed by atoms with Gasteiger partial charge >= 0.3 is 35.7 Å². The summed E-state index contributed by atoms with van der Waals surface area (Å²) in [5, 5.41) is 11.0. The molecular formula is C35H39F4N8NaO3. The molecule has 2 saturated carbocycles. The number of fused-ring (bicyclic) bond motifs is 1. The molecule has 266 valence electrons. The second-order valence-corrected chi connectivity index (χ2v) is 13.9. The van der Waals surface area contributed by atoms with E-state index < -0.39 is 23.5 Å². The van der Waals surface area contributed by atoms with Gasteiger partial charge in [-0.1, -0.05) is 12.8 Å². The van der Waals surface area contributed by atoms with E-state index in [1.807, 2.05) is 7.05 Å². The van der Waals surface area contributed by atoms with Crippen LogP contribution >= 0.6 is 0 Å². The number of methoxy groups -OCH3 is 1. The number of carbonyl (C=O) groups excluding carboxylic acids is 1. The molecule has 5 heterocycles. The number of nitrogens with zero attached hydrogens (tertiary/aromatic N) is 7. The number of halogens is 4. The van der Waals surface area contributed by atoms with Gasteiger partial charge in [-0.3, -0.25) is 9.88 Å². The van der Waals surface area contributed by atoms with Crippen LogP contribution in [0.3, 0.4) is 0 Å². The Morgan fingerprint density at radius 2 is 1.76 bits per heavy atom. The Kier molecular flexibility index (Phi) is 10.9. The number of rotatable bonds is 11. The van der Waals surface area contributed by atoms with Crippen LogP contribution in [0, 0.1) is 11.2 Å². The summed E-state index contributed by atoms with van der Waals surface area (Å²) in [6.07, 6.45) is 3.93. The van der Waals surface area contributed by atoms with E-state index in [0.29, 0.717) is 80.5 Å². The smallest absolute Gasteiger partial charge is 0.549 e. The third kappa shape index (κ3) is 8.02. The van der Waals surface area contributed by atoms with Crippen LogP contribution in [0.1, 0.15) is 55.7 Å².